The number of H-pyrrole nitrogens is 1. The number of sulfonamides is 1. The van der Waals surface area contributed by atoms with Crippen LogP contribution >= 0.6 is 11.6 Å². The van der Waals surface area contributed by atoms with Gasteiger partial charge in [0, 0.05) is 23.1 Å². The molecule has 1 aromatic rings. The summed E-state index contributed by atoms with van der Waals surface area (Å²) in [5.74, 6) is 0.660. The predicted octanol–water partition coefficient (Wildman–Crippen LogP) is 2.08. The smallest absolute Gasteiger partial charge is 0.233 e. The van der Waals surface area contributed by atoms with Crippen LogP contribution in [0.15, 0.2) is 6.07 Å². The highest BCUT2D eigenvalue weighted by atomic mass is 35.5. The first-order chi connectivity index (χ1) is 7.74. The maximum Gasteiger partial charge on any atom is 0.233 e. The molecule has 2 N–H and O–H groups in total. The number of alkyl halides is 1. The van der Waals surface area contributed by atoms with Gasteiger partial charge in [-0.2, -0.15) is 5.10 Å². The van der Waals surface area contributed by atoms with Crippen LogP contribution in [0.4, 0.5) is 5.82 Å². The van der Waals surface area contributed by atoms with E-state index in [4.69, 9.17) is 11.6 Å². The summed E-state index contributed by atoms with van der Waals surface area (Å²) in [5.41, 5.74) is 0.792. The minimum Gasteiger partial charge on any atom is -0.280 e. The Morgan fingerprint density at radius 2 is 2.12 bits per heavy atom. The van der Waals surface area contributed by atoms with Crippen molar-refractivity contribution in [2.45, 2.75) is 32.6 Å². The lowest BCUT2D eigenvalue weighted by Gasteiger charge is -2.14. The lowest BCUT2D eigenvalue weighted by atomic mass is 9.92. The van der Waals surface area contributed by atoms with Crippen molar-refractivity contribution in [3.8, 4) is 0 Å². The van der Waals surface area contributed by atoms with E-state index in [1.54, 1.807) is 6.07 Å². The highest BCUT2D eigenvalue weighted by Crippen LogP contribution is 2.22. The quantitative estimate of drug-likeness (QED) is 0.811. The summed E-state index contributed by atoms with van der Waals surface area (Å²) in [6.07, 6.45) is 0.424. The molecular weight excluding hydrogens is 262 g/mol. The third kappa shape index (κ3) is 4.55. The molecule has 0 unspecified atom stereocenters. The van der Waals surface area contributed by atoms with Crippen LogP contribution in [0.5, 0.6) is 0 Å². The van der Waals surface area contributed by atoms with Crippen molar-refractivity contribution in [1.29, 1.82) is 0 Å². The van der Waals surface area contributed by atoms with E-state index >= 15 is 0 Å². The van der Waals surface area contributed by atoms with Gasteiger partial charge in [-0.25, -0.2) is 8.42 Å². The van der Waals surface area contributed by atoms with Crippen LogP contribution in [-0.4, -0.2) is 30.2 Å². The van der Waals surface area contributed by atoms with E-state index in [1.165, 1.54) is 0 Å². The van der Waals surface area contributed by atoms with Gasteiger partial charge in [0.2, 0.25) is 10.0 Å². The summed E-state index contributed by atoms with van der Waals surface area (Å²) in [4.78, 5) is 0. The second kappa shape index (κ2) is 5.27. The molecule has 1 heterocycles. The third-order valence-electron chi connectivity index (χ3n) is 2.19. The summed E-state index contributed by atoms with van der Waals surface area (Å²) in [6, 6.07) is 1.71. The molecule has 0 bridgehead atoms. The first-order valence-electron chi connectivity index (χ1n) is 5.37. The second-order valence-electron chi connectivity index (χ2n) is 4.88. The zero-order valence-corrected chi connectivity index (χ0v) is 11.8. The zero-order chi connectivity index (χ0) is 13.1. The molecule has 0 amide bonds. The molecule has 7 heteroatoms. The topological polar surface area (TPSA) is 74.8 Å². The van der Waals surface area contributed by atoms with Crippen LogP contribution in [0.25, 0.3) is 0 Å². The van der Waals surface area contributed by atoms with E-state index in [0.717, 1.165) is 5.69 Å². The van der Waals surface area contributed by atoms with Crippen LogP contribution < -0.4 is 4.72 Å². The van der Waals surface area contributed by atoms with Gasteiger partial charge in [0.05, 0.1) is 5.75 Å². The molecule has 0 atom stereocenters. The minimum atomic E-state index is -3.35. The van der Waals surface area contributed by atoms with Crippen molar-refractivity contribution in [3.05, 3.63) is 11.8 Å². The van der Waals surface area contributed by atoms with Crippen LogP contribution in [-0.2, 0) is 15.4 Å². The fourth-order valence-electron chi connectivity index (χ4n) is 1.21. The number of halogens is 1. The second-order valence-corrected chi connectivity index (χ2v) is 7.10. The Morgan fingerprint density at radius 1 is 1.47 bits per heavy atom. The largest absolute Gasteiger partial charge is 0.280 e. The van der Waals surface area contributed by atoms with Gasteiger partial charge in [-0.3, -0.25) is 9.82 Å². The number of aromatic amines is 1. The Bertz CT molecular complexity index is 462. The maximum atomic E-state index is 11.6. The Morgan fingerprint density at radius 3 is 2.59 bits per heavy atom. The summed E-state index contributed by atoms with van der Waals surface area (Å²) < 4.78 is 25.6. The standard InChI is InChI=1S/C10H18ClN3O2S/c1-10(2,3)8-7-9(13-12-8)14-17(15,16)6-4-5-11/h7H,4-6H2,1-3H3,(H2,12,13,14). The molecule has 1 aromatic heterocycles. The molecule has 1 rings (SSSR count). The van der Waals surface area contributed by atoms with Gasteiger partial charge in [-0.05, 0) is 6.42 Å². The van der Waals surface area contributed by atoms with Crippen molar-refractivity contribution < 1.29 is 8.42 Å². The average molecular weight is 280 g/mol. The highest BCUT2D eigenvalue weighted by Gasteiger charge is 2.18. The van der Waals surface area contributed by atoms with E-state index in [1.807, 2.05) is 20.8 Å². The first-order valence-corrected chi connectivity index (χ1v) is 7.55. The van der Waals surface area contributed by atoms with E-state index in [-0.39, 0.29) is 11.2 Å². The van der Waals surface area contributed by atoms with Crippen LogP contribution in [0.2, 0.25) is 0 Å². The summed E-state index contributed by atoms with van der Waals surface area (Å²) in [6.45, 7) is 6.06. The molecule has 0 saturated carbocycles. The predicted molar refractivity (Wildman–Crippen MR) is 70.0 cm³/mol. The monoisotopic (exact) mass is 279 g/mol. The third-order valence-corrected chi connectivity index (χ3v) is 3.81. The maximum absolute atomic E-state index is 11.6. The minimum absolute atomic E-state index is 0.00815. The lowest BCUT2D eigenvalue weighted by molar-refractivity contribution is 0.567. The van der Waals surface area contributed by atoms with Crippen molar-refractivity contribution >= 4 is 27.4 Å². The Labute approximate surface area is 107 Å². The Hall–Kier alpha value is -0.750. The lowest BCUT2D eigenvalue weighted by Crippen LogP contribution is -2.17. The molecule has 0 aliphatic heterocycles. The molecule has 0 aliphatic rings. The van der Waals surface area contributed by atoms with Crippen molar-refractivity contribution in [3.63, 3.8) is 0 Å². The fraction of sp³-hybridized carbons (Fsp3) is 0.700. The normalized spacial score (nSPS) is 12.7. The molecule has 0 aromatic carbocycles. The van der Waals surface area contributed by atoms with E-state index < -0.39 is 10.0 Å². The SMILES string of the molecule is CC(C)(C)c1cc(NS(=O)(=O)CCCCl)n[nH]1. The Balaban J connectivity index is 2.73. The molecule has 0 radical (unpaired) electrons. The molecule has 0 fully saturated rings. The number of hydrogen-bond acceptors (Lipinski definition) is 3. The molecule has 0 aliphatic carbocycles. The number of nitrogens with one attached hydrogen (secondary N) is 2. The molecular formula is C10H18ClN3O2S. The van der Waals surface area contributed by atoms with E-state index in [0.29, 0.717) is 18.1 Å². The van der Waals surface area contributed by atoms with Crippen LogP contribution in [0.1, 0.15) is 32.9 Å². The molecule has 98 valence electrons. The van der Waals surface area contributed by atoms with Crippen molar-refractivity contribution in [1.82, 2.24) is 10.2 Å². The average Bonchev–Trinajstić information content (AvgIpc) is 2.62. The van der Waals surface area contributed by atoms with E-state index in [9.17, 15) is 8.42 Å². The molecule has 0 saturated heterocycles. The number of rotatable bonds is 5. The van der Waals surface area contributed by atoms with Gasteiger partial charge in [-0.1, -0.05) is 20.8 Å². The van der Waals surface area contributed by atoms with Gasteiger partial charge >= 0.3 is 0 Å². The molecule has 5 nitrogen and oxygen atoms in total. The van der Waals surface area contributed by atoms with Crippen molar-refractivity contribution in [2.75, 3.05) is 16.4 Å². The first kappa shape index (κ1) is 14.3. The summed E-state index contributed by atoms with van der Waals surface area (Å²) >= 11 is 5.46. The van der Waals surface area contributed by atoms with Gasteiger partial charge in [-0.15, -0.1) is 11.6 Å². The van der Waals surface area contributed by atoms with E-state index in [2.05, 4.69) is 14.9 Å². The highest BCUT2D eigenvalue weighted by molar-refractivity contribution is 7.92. The van der Waals surface area contributed by atoms with Gasteiger partial charge < -0.3 is 0 Å². The number of anilines is 1. The Kier molecular flexibility index (Phi) is 4.43. The summed E-state index contributed by atoms with van der Waals surface area (Å²) in [5, 5.41) is 6.75. The fourth-order valence-corrected chi connectivity index (χ4v) is 2.55. The van der Waals surface area contributed by atoms with Crippen LogP contribution in [0.3, 0.4) is 0 Å². The zero-order valence-electron chi connectivity index (χ0n) is 10.2. The number of nitrogens with zero attached hydrogens (tertiary/aromatic N) is 1. The number of aromatic nitrogens is 2. The molecule has 0 spiro atoms. The molecule has 17 heavy (non-hydrogen) atoms. The van der Waals surface area contributed by atoms with Crippen LogP contribution in [0, 0.1) is 0 Å². The van der Waals surface area contributed by atoms with Gasteiger partial charge in [0.1, 0.15) is 0 Å². The van der Waals surface area contributed by atoms with Gasteiger partial charge in [0.15, 0.2) is 5.82 Å². The van der Waals surface area contributed by atoms with Crippen molar-refractivity contribution in [2.24, 2.45) is 0 Å². The number of hydrogen-bond donors (Lipinski definition) is 2. The van der Waals surface area contributed by atoms with Gasteiger partial charge in [0.25, 0.3) is 0 Å². The summed E-state index contributed by atoms with van der Waals surface area (Å²) in [7, 11) is -3.35.